The highest BCUT2D eigenvalue weighted by molar-refractivity contribution is 7.89. The predicted octanol–water partition coefficient (Wildman–Crippen LogP) is 5.02. The van der Waals surface area contributed by atoms with Crippen LogP contribution in [0.25, 0.3) is 0 Å². The third kappa shape index (κ3) is 7.17. The van der Waals surface area contributed by atoms with Crippen molar-refractivity contribution in [2.75, 3.05) is 32.3 Å². The average Bonchev–Trinajstić information content (AvgIpc) is 2.94. The summed E-state index contributed by atoms with van der Waals surface area (Å²) >= 11 is 6.48. The van der Waals surface area contributed by atoms with E-state index in [4.69, 9.17) is 35.9 Å². The minimum absolute atomic E-state index is 0.0188. The molecule has 1 saturated carbocycles. The summed E-state index contributed by atoms with van der Waals surface area (Å²) in [6.45, 7) is 1.44. The Balaban J connectivity index is 1.53. The second kappa shape index (κ2) is 12.9. The van der Waals surface area contributed by atoms with Crippen molar-refractivity contribution in [1.29, 1.82) is 0 Å². The first kappa shape index (κ1) is 30.1. The molecule has 0 radical (unpaired) electrons. The monoisotopic (exact) mass is 613 g/mol. The first-order valence-electron chi connectivity index (χ1n) is 14.1. The number of carbonyl (C=O) groups is 1. The Morgan fingerprint density at radius 2 is 1.95 bits per heavy atom. The molecule has 1 aliphatic heterocycles. The van der Waals surface area contributed by atoms with Gasteiger partial charge in [-0.3, -0.25) is 9.78 Å². The first-order chi connectivity index (χ1) is 20.1. The van der Waals surface area contributed by atoms with Gasteiger partial charge in [0.15, 0.2) is 0 Å². The molecule has 42 heavy (non-hydrogen) atoms. The van der Waals surface area contributed by atoms with Gasteiger partial charge in [-0.2, -0.15) is 0 Å². The zero-order valence-corrected chi connectivity index (χ0v) is 25.4. The van der Waals surface area contributed by atoms with Gasteiger partial charge in [-0.05, 0) is 84.7 Å². The maximum Gasteiger partial charge on any atom is 0.310 e. The zero-order valence-electron chi connectivity index (χ0n) is 23.8. The van der Waals surface area contributed by atoms with Crippen LogP contribution in [0.1, 0.15) is 54.0 Å². The molecular weight excluding hydrogens is 578 g/mol. The minimum Gasteiger partial charge on any atom is -0.491 e. The van der Waals surface area contributed by atoms with Crippen molar-refractivity contribution in [3.8, 4) is 11.5 Å². The van der Waals surface area contributed by atoms with E-state index in [2.05, 4.69) is 0 Å². The van der Waals surface area contributed by atoms with Crippen LogP contribution in [0.3, 0.4) is 0 Å². The van der Waals surface area contributed by atoms with Gasteiger partial charge in [0.2, 0.25) is 10.0 Å². The van der Waals surface area contributed by atoms with Gasteiger partial charge < -0.3 is 19.1 Å². The van der Waals surface area contributed by atoms with Gasteiger partial charge in [0.05, 0.1) is 43.0 Å². The summed E-state index contributed by atoms with van der Waals surface area (Å²) in [6.07, 6.45) is 6.57. The standard InChI is InChI=1S/C31H36ClN3O6S/c1-35-18-23-6-7-25(32)15-24(23)14-22(10-11-40-28-9-8-26(16-27(28)35)42(33,37)38)31-29(41-19-20-4-3-5-20)12-21(17-34-31)13-30(36)39-2/h6-9,12,15-17,20,22H,3-5,10-11,13-14,18-19H2,1-2H3,(H2,33,37,38). The summed E-state index contributed by atoms with van der Waals surface area (Å²) in [4.78, 5) is 18.8. The smallest absolute Gasteiger partial charge is 0.310 e. The van der Waals surface area contributed by atoms with E-state index in [1.165, 1.54) is 19.6 Å². The number of hydrogen-bond donors (Lipinski definition) is 1. The second-order valence-electron chi connectivity index (χ2n) is 11.1. The number of nitrogens with zero attached hydrogens (tertiary/aromatic N) is 2. The molecule has 1 fully saturated rings. The van der Waals surface area contributed by atoms with Crippen molar-refractivity contribution >= 4 is 33.3 Å². The highest BCUT2D eigenvalue weighted by Gasteiger charge is 2.26. The number of esters is 1. The second-order valence-corrected chi connectivity index (χ2v) is 13.1. The van der Waals surface area contributed by atoms with Gasteiger partial charge >= 0.3 is 5.97 Å². The number of primary sulfonamides is 1. The van der Waals surface area contributed by atoms with Gasteiger partial charge in [0.25, 0.3) is 0 Å². The molecule has 1 unspecified atom stereocenters. The van der Waals surface area contributed by atoms with Crippen LogP contribution in [-0.4, -0.2) is 46.7 Å². The minimum atomic E-state index is -3.89. The number of rotatable bonds is 7. The van der Waals surface area contributed by atoms with E-state index >= 15 is 0 Å². The lowest BCUT2D eigenvalue weighted by Crippen LogP contribution is -2.21. The highest BCUT2D eigenvalue weighted by atomic mass is 35.5. The molecule has 2 aromatic carbocycles. The van der Waals surface area contributed by atoms with Gasteiger partial charge in [0.1, 0.15) is 11.5 Å². The van der Waals surface area contributed by atoms with Crippen LogP contribution < -0.4 is 19.5 Å². The number of fused-ring (bicyclic) bond motifs is 2. The topological polar surface area (TPSA) is 121 Å². The molecule has 11 heteroatoms. The van der Waals surface area contributed by atoms with Crippen LogP contribution in [0.5, 0.6) is 11.5 Å². The molecule has 224 valence electrons. The van der Waals surface area contributed by atoms with E-state index in [1.807, 2.05) is 36.2 Å². The van der Waals surface area contributed by atoms with E-state index < -0.39 is 10.0 Å². The maximum absolute atomic E-state index is 12.1. The van der Waals surface area contributed by atoms with Crippen LogP contribution in [0.2, 0.25) is 5.02 Å². The Hall–Kier alpha value is -3.34. The number of anilines is 1. The van der Waals surface area contributed by atoms with Gasteiger partial charge in [-0.1, -0.05) is 24.1 Å². The third-order valence-electron chi connectivity index (χ3n) is 8.04. The number of aromatic nitrogens is 1. The van der Waals surface area contributed by atoms with Crippen LogP contribution >= 0.6 is 11.6 Å². The fourth-order valence-corrected chi connectivity index (χ4v) is 6.13. The number of hydrogen-bond acceptors (Lipinski definition) is 8. The van der Waals surface area contributed by atoms with E-state index in [0.717, 1.165) is 35.2 Å². The molecule has 0 bridgehead atoms. The van der Waals surface area contributed by atoms with Crippen molar-refractivity contribution in [2.24, 2.45) is 11.1 Å². The Kier molecular flexibility index (Phi) is 9.25. The lowest BCUT2D eigenvalue weighted by Gasteiger charge is -2.27. The SMILES string of the molecule is COC(=O)Cc1cnc(C2CCOc3ccc(S(N)(=O)=O)cc3N(C)Cc3ccc(Cl)cc3C2)c(OCC2CCC2)c1. The third-order valence-corrected chi connectivity index (χ3v) is 9.18. The molecule has 1 aliphatic carbocycles. The van der Waals surface area contributed by atoms with Gasteiger partial charge in [0, 0.05) is 30.7 Å². The van der Waals surface area contributed by atoms with Crippen molar-refractivity contribution in [3.63, 3.8) is 0 Å². The number of carbonyl (C=O) groups excluding carboxylic acids is 1. The number of sulfonamides is 1. The Bertz CT molecular complexity index is 1560. The molecule has 0 saturated heterocycles. The van der Waals surface area contributed by atoms with Crippen LogP contribution in [-0.2, 0) is 38.9 Å². The molecule has 0 spiro atoms. The van der Waals surface area contributed by atoms with Crippen molar-refractivity contribution in [2.45, 2.75) is 55.9 Å². The largest absolute Gasteiger partial charge is 0.491 e. The molecule has 3 aromatic rings. The van der Waals surface area contributed by atoms with Crippen LogP contribution in [0.4, 0.5) is 5.69 Å². The maximum atomic E-state index is 12.1. The molecule has 5 rings (SSSR count). The number of ether oxygens (including phenoxy) is 3. The van der Waals surface area contributed by atoms with Crippen LogP contribution in [0.15, 0.2) is 53.6 Å². The summed E-state index contributed by atoms with van der Waals surface area (Å²) in [5, 5.41) is 6.06. The molecular formula is C31H36ClN3O6S. The Labute approximate surface area is 252 Å². The quantitative estimate of drug-likeness (QED) is 0.369. The van der Waals surface area contributed by atoms with Gasteiger partial charge in [-0.25, -0.2) is 13.6 Å². The predicted molar refractivity (Wildman–Crippen MR) is 161 cm³/mol. The average molecular weight is 614 g/mol. The molecule has 2 aliphatic rings. The lowest BCUT2D eigenvalue weighted by molar-refractivity contribution is -0.139. The van der Waals surface area contributed by atoms with Crippen molar-refractivity contribution < 1.29 is 27.4 Å². The fourth-order valence-electron chi connectivity index (χ4n) is 5.41. The van der Waals surface area contributed by atoms with Gasteiger partial charge in [-0.15, -0.1) is 0 Å². The molecule has 0 amide bonds. The molecule has 1 atom stereocenters. The van der Waals surface area contributed by atoms with E-state index in [9.17, 15) is 13.2 Å². The first-order valence-corrected chi connectivity index (χ1v) is 16.0. The number of methoxy groups -OCH3 is 1. The summed E-state index contributed by atoms with van der Waals surface area (Å²) < 4.78 is 41.7. The molecule has 2 heterocycles. The molecule has 9 nitrogen and oxygen atoms in total. The van der Waals surface area contributed by atoms with E-state index in [-0.39, 0.29) is 23.2 Å². The summed E-state index contributed by atoms with van der Waals surface area (Å²) in [5.41, 5.74) is 4.24. The Morgan fingerprint density at radius 1 is 1.14 bits per heavy atom. The van der Waals surface area contributed by atoms with Crippen LogP contribution in [0, 0.1) is 5.92 Å². The van der Waals surface area contributed by atoms with E-state index in [0.29, 0.717) is 60.7 Å². The summed E-state index contributed by atoms with van der Waals surface area (Å²) in [7, 11) is -0.638. The number of halogens is 1. The number of pyridine rings is 1. The fraction of sp³-hybridized carbons (Fsp3) is 0.419. The number of benzene rings is 2. The van der Waals surface area contributed by atoms with Crippen molar-refractivity contribution in [1.82, 2.24) is 4.98 Å². The summed E-state index contributed by atoms with van der Waals surface area (Å²) in [6, 6.07) is 12.4. The van der Waals surface area contributed by atoms with Crippen molar-refractivity contribution in [3.05, 3.63) is 76.1 Å². The lowest BCUT2D eigenvalue weighted by atomic mass is 9.86. The van der Waals surface area contributed by atoms with E-state index in [1.54, 1.807) is 18.3 Å². The normalized spacial score (nSPS) is 17.6. The number of nitrogens with two attached hydrogens (primary N) is 1. The highest BCUT2D eigenvalue weighted by Crippen LogP contribution is 2.37. The summed E-state index contributed by atoms with van der Waals surface area (Å²) in [5.74, 6) is 1.33. The Morgan fingerprint density at radius 3 is 2.67 bits per heavy atom. The molecule has 2 N–H and O–H groups in total. The molecule has 1 aromatic heterocycles. The zero-order chi connectivity index (χ0) is 29.9.